The first-order valence-electron chi connectivity index (χ1n) is 10.1. The van der Waals surface area contributed by atoms with Crippen LogP contribution in [0.15, 0.2) is 27.8 Å². The lowest BCUT2D eigenvalue weighted by atomic mass is 10.1. The van der Waals surface area contributed by atoms with Crippen molar-refractivity contribution in [3.63, 3.8) is 0 Å². The van der Waals surface area contributed by atoms with E-state index in [0.717, 1.165) is 16.7 Å². The number of halogens is 2. The molecule has 0 radical (unpaired) electrons. The summed E-state index contributed by atoms with van der Waals surface area (Å²) in [7, 11) is 2.96. The number of aromatic nitrogens is 2. The fourth-order valence-electron chi connectivity index (χ4n) is 3.34. The van der Waals surface area contributed by atoms with Crippen LogP contribution in [0.5, 0.6) is 0 Å². The number of aliphatic hydroxyl groups is 1. The molecule has 0 spiro atoms. The number of nitrogens with one attached hydrogen (secondary N) is 1. The highest BCUT2D eigenvalue weighted by Crippen LogP contribution is 2.23. The summed E-state index contributed by atoms with van der Waals surface area (Å²) < 4.78 is 29.8. The molecule has 1 aromatic heterocycles. The summed E-state index contributed by atoms with van der Waals surface area (Å²) in [5, 5.41) is 23.0. The van der Waals surface area contributed by atoms with Gasteiger partial charge in [-0.3, -0.25) is 24.0 Å². The number of benzene rings is 1. The Morgan fingerprint density at radius 1 is 1.06 bits per heavy atom. The van der Waals surface area contributed by atoms with E-state index in [0.29, 0.717) is 56.8 Å². The average Bonchev–Trinajstić information content (AvgIpc) is 2.72. The number of nitro groups is 1. The Bertz CT molecular complexity index is 1050. The number of anilines is 1. The molecule has 0 aliphatic carbocycles. The van der Waals surface area contributed by atoms with E-state index in [1.54, 1.807) is 7.05 Å². The van der Waals surface area contributed by atoms with Crippen LogP contribution in [-0.4, -0.2) is 56.8 Å². The smallest absolute Gasteiger partial charge is 0.340 e. The predicted octanol–water partition coefficient (Wildman–Crippen LogP) is 0.999. The summed E-state index contributed by atoms with van der Waals surface area (Å²) in [5.74, 6) is -1.99. The maximum atomic E-state index is 13.7. The Hall–Kier alpha value is -3.12. The lowest BCUT2D eigenvalue weighted by Gasteiger charge is -2.21. The van der Waals surface area contributed by atoms with Gasteiger partial charge in [0, 0.05) is 33.3 Å². The van der Waals surface area contributed by atoms with Crippen LogP contribution in [0.4, 0.5) is 20.3 Å². The van der Waals surface area contributed by atoms with Crippen LogP contribution in [0.3, 0.4) is 0 Å². The second kappa shape index (κ2) is 11.5. The molecule has 0 fully saturated rings. The van der Waals surface area contributed by atoms with E-state index in [1.165, 1.54) is 17.7 Å². The van der Waals surface area contributed by atoms with Gasteiger partial charge in [0.25, 0.3) is 5.56 Å². The van der Waals surface area contributed by atoms with Gasteiger partial charge >= 0.3 is 11.4 Å². The van der Waals surface area contributed by atoms with Gasteiger partial charge in [0.15, 0.2) is 0 Å². The number of nitro benzene ring substituents is 1. The van der Waals surface area contributed by atoms with Crippen molar-refractivity contribution in [3.8, 4) is 0 Å². The summed E-state index contributed by atoms with van der Waals surface area (Å²) in [6.07, 6.45) is 1.51. The first-order valence-corrected chi connectivity index (χ1v) is 10.1. The number of hydrogen-bond donors (Lipinski definition) is 2. The van der Waals surface area contributed by atoms with E-state index >= 15 is 0 Å². The molecule has 0 amide bonds. The minimum atomic E-state index is -1.20. The molecular formula is C20H27F2N5O5. The molecule has 0 unspecified atom stereocenters. The number of nitrogens with zero attached hydrogens (tertiary/aromatic N) is 4. The van der Waals surface area contributed by atoms with Gasteiger partial charge in [0.2, 0.25) is 11.6 Å². The van der Waals surface area contributed by atoms with Crippen LogP contribution in [0.1, 0.15) is 18.4 Å². The zero-order valence-electron chi connectivity index (χ0n) is 18.0. The standard InChI is InChI=1S/C20H27F2N5O5/c1-24-17(13-18(29)25(2)20(24)30)23-6-4-8-26(9-10-28)7-3-5-14-11-15(21)19(27(31)32)16(22)12-14/h11-13,23,28H,3-10H2,1-2H3. The molecular weight excluding hydrogens is 428 g/mol. The van der Waals surface area contributed by atoms with Gasteiger partial charge in [0.05, 0.1) is 11.5 Å². The first kappa shape index (κ1) is 25.1. The van der Waals surface area contributed by atoms with Gasteiger partial charge in [-0.2, -0.15) is 8.78 Å². The molecule has 0 aliphatic heterocycles. The van der Waals surface area contributed by atoms with Crippen molar-refractivity contribution in [2.75, 3.05) is 38.1 Å². The van der Waals surface area contributed by atoms with E-state index in [1.807, 2.05) is 4.90 Å². The van der Waals surface area contributed by atoms with Gasteiger partial charge in [-0.1, -0.05) is 0 Å². The summed E-state index contributed by atoms with van der Waals surface area (Å²) in [4.78, 5) is 35.3. The third-order valence-corrected chi connectivity index (χ3v) is 5.10. The highest BCUT2D eigenvalue weighted by atomic mass is 19.1. The second-order valence-electron chi connectivity index (χ2n) is 7.38. The monoisotopic (exact) mass is 455 g/mol. The molecule has 2 rings (SSSR count). The van der Waals surface area contributed by atoms with Crippen molar-refractivity contribution in [1.29, 1.82) is 0 Å². The molecule has 1 aromatic carbocycles. The van der Waals surface area contributed by atoms with Crippen molar-refractivity contribution in [3.05, 3.63) is 66.3 Å². The summed E-state index contributed by atoms with van der Waals surface area (Å²) in [6, 6.07) is 3.28. The number of aliphatic hydroxyl groups excluding tert-OH is 1. The predicted molar refractivity (Wildman–Crippen MR) is 115 cm³/mol. The average molecular weight is 455 g/mol. The second-order valence-corrected chi connectivity index (χ2v) is 7.38. The van der Waals surface area contributed by atoms with Crippen LogP contribution in [-0.2, 0) is 20.5 Å². The number of rotatable bonds is 12. The van der Waals surface area contributed by atoms with Crippen molar-refractivity contribution in [2.45, 2.75) is 19.3 Å². The van der Waals surface area contributed by atoms with E-state index in [-0.39, 0.29) is 6.61 Å². The molecule has 2 aromatic rings. The van der Waals surface area contributed by atoms with Crippen LogP contribution in [0, 0.1) is 21.7 Å². The molecule has 12 heteroatoms. The minimum Gasteiger partial charge on any atom is -0.395 e. The molecule has 32 heavy (non-hydrogen) atoms. The van der Waals surface area contributed by atoms with Crippen molar-refractivity contribution < 1.29 is 18.8 Å². The van der Waals surface area contributed by atoms with Crippen LogP contribution < -0.4 is 16.6 Å². The third kappa shape index (κ3) is 6.44. The zero-order chi connectivity index (χ0) is 23.8. The van der Waals surface area contributed by atoms with E-state index in [9.17, 15) is 33.6 Å². The summed E-state index contributed by atoms with van der Waals surface area (Å²) >= 11 is 0. The molecule has 0 bridgehead atoms. The highest BCUT2D eigenvalue weighted by molar-refractivity contribution is 5.37. The highest BCUT2D eigenvalue weighted by Gasteiger charge is 2.21. The zero-order valence-corrected chi connectivity index (χ0v) is 18.0. The fourth-order valence-corrected chi connectivity index (χ4v) is 3.34. The Labute approximate surface area is 182 Å². The maximum absolute atomic E-state index is 13.7. The minimum absolute atomic E-state index is 0.0581. The van der Waals surface area contributed by atoms with Gasteiger partial charge in [0.1, 0.15) is 5.82 Å². The molecule has 1 heterocycles. The molecule has 176 valence electrons. The van der Waals surface area contributed by atoms with Gasteiger partial charge in [-0.05, 0) is 50.0 Å². The fraction of sp³-hybridized carbons (Fsp3) is 0.500. The normalized spacial score (nSPS) is 11.2. The Kier molecular flexibility index (Phi) is 9.02. The van der Waals surface area contributed by atoms with Crippen LogP contribution in [0.2, 0.25) is 0 Å². The van der Waals surface area contributed by atoms with Crippen LogP contribution in [0.25, 0.3) is 0 Å². The van der Waals surface area contributed by atoms with Crippen molar-refractivity contribution in [2.24, 2.45) is 14.1 Å². The van der Waals surface area contributed by atoms with Crippen molar-refractivity contribution >= 4 is 11.5 Å². The van der Waals surface area contributed by atoms with Crippen LogP contribution >= 0.6 is 0 Å². The lowest BCUT2D eigenvalue weighted by Crippen LogP contribution is -2.37. The molecule has 0 aliphatic rings. The quantitative estimate of drug-likeness (QED) is 0.278. The molecule has 0 saturated heterocycles. The number of hydrogen-bond acceptors (Lipinski definition) is 7. The third-order valence-electron chi connectivity index (χ3n) is 5.10. The molecule has 10 nitrogen and oxygen atoms in total. The Morgan fingerprint density at radius 2 is 1.69 bits per heavy atom. The SMILES string of the molecule is Cn1c(NCCCN(CCO)CCCc2cc(F)c([N+](=O)[O-])c(F)c2)cc(=O)n(C)c1=O. The van der Waals surface area contributed by atoms with Crippen molar-refractivity contribution in [1.82, 2.24) is 14.0 Å². The number of aryl methyl sites for hydroxylation is 1. The molecule has 0 atom stereocenters. The van der Waals surface area contributed by atoms with E-state index in [2.05, 4.69) is 5.32 Å². The summed E-state index contributed by atoms with van der Waals surface area (Å²) in [6.45, 7) is 1.99. The van der Waals surface area contributed by atoms with Gasteiger partial charge in [-0.25, -0.2) is 4.79 Å². The van der Waals surface area contributed by atoms with Gasteiger partial charge in [-0.15, -0.1) is 0 Å². The maximum Gasteiger partial charge on any atom is 0.340 e. The van der Waals surface area contributed by atoms with E-state index < -0.39 is 33.5 Å². The summed E-state index contributed by atoms with van der Waals surface area (Å²) in [5.41, 5.74) is -1.67. The topological polar surface area (TPSA) is 123 Å². The Morgan fingerprint density at radius 3 is 2.28 bits per heavy atom. The van der Waals surface area contributed by atoms with Gasteiger partial charge < -0.3 is 15.3 Å². The van der Waals surface area contributed by atoms with E-state index in [4.69, 9.17) is 0 Å². The molecule has 0 saturated carbocycles. The first-order chi connectivity index (χ1) is 15.1. The lowest BCUT2D eigenvalue weighted by molar-refractivity contribution is -0.390. The molecule has 2 N–H and O–H groups in total. The Balaban J connectivity index is 1.85. The largest absolute Gasteiger partial charge is 0.395 e.